The van der Waals surface area contributed by atoms with E-state index in [1.165, 1.54) is 6.07 Å². The maximum atomic E-state index is 13.3. The third-order valence-corrected chi connectivity index (χ3v) is 4.44. The highest BCUT2D eigenvalue weighted by Crippen LogP contribution is 2.47. The number of anilines is 1. The molecule has 0 aromatic heterocycles. The van der Waals surface area contributed by atoms with Crippen molar-refractivity contribution in [2.45, 2.75) is 25.8 Å². The lowest BCUT2D eigenvalue weighted by Gasteiger charge is -2.19. The molecular weight excluding hydrogens is 326 g/mol. The molecule has 6 heteroatoms. The normalized spacial score (nSPS) is 16.0. The van der Waals surface area contributed by atoms with Crippen LogP contribution in [0.5, 0.6) is 0 Å². The molecular formula is C19H18F2N2O2. The van der Waals surface area contributed by atoms with Crippen molar-refractivity contribution in [1.82, 2.24) is 5.32 Å². The smallest absolute Gasteiger partial charge is 0.240 e. The van der Waals surface area contributed by atoms with Crippen molar-refractivity contribution in [2.75, 3.05) is 5.32 Å². The van der Waals surface area contributed by atoms with E-state index in [1.54, 1.807) is 0 Å². The summed E-state index contributed by atoms with van der Waals surface area (Å²) in [6, 6.07) is 12.3. The summed E-state index contributed by atoms with van der Waals surface area (Å²) >= 11 is 0. The van der Waals surface area contributed by atoms with Crippen LogP contribution in [0.25, 0.3) is 0 Å². The molecule has 1 atom stereocenters. The molecule has 0 aliphatic heterocycles. The lowest BCUT2D eigenvalue weighted by Crippen LogP contribution is -2.41. The Labute approximate surface area is 144 Å². The summed E-state index contributed by atoms with van der Waals surface area (Å²) in [5.41, 5.74) is -0.0831. The number of benzene rings is 2. The predicted molar refractivity (Wildman–Crippen MR) is 89.7 cm³/mol. The lowest BCUT2D eigenvalue weighted by atomic mass is 10.0. The van der Waals surface area contributed by atoms with E-state index >= 15 is 0 Å². The van der Waals surface area contributed by atoms with Gasteiger partial charge in [0.2, 0.25) is 11.8 Å². The SMILES string of the molecule is CC(NC(=O)C1(C(=O)Nc2ccc(F)c(F)c2)CC1)c1ccccc1. The van der Waals surface area contributed by atoms with Gasteiger partial charge in [-0.05, 0) is 37.5 Å². The molecule has 1 aliphatic rings. The highest BCUT2D eigenvalue weighted by atomic mass is 19.2. The second-order valence-electron chi connectivity index (χ2n) is 6.27. The van der Waals surface area contributed by atoms with Crippen molar-refractivity contribution in [3.8, 4) is 0 Å². The van der Waals surface area contributed by atoms with Gasteiger partial charge in [0.15, 0.2) is 11.6 Å². The first kappa shape index (κ1) is 17.1. The topological polar surface area (TPSA) is 58.2 Å². The second kappa shape index (κ2) is 6.63. The predicted octanol–water partition coefficient (Wildman–Crippen LogP) is 3.56. The Balaban J connectivity index is 1.67. The molecule has 3 rings (SSSR count). The molecule has 1 saturated carbocycles. The minimum atomic E-state index is -1.14. The van der Waals surface area contributed by atoms with Crippen LogP contribution in [0.1, 0.15) is 31.4 Å². The summed E-state index contributed by atoms with van der Waals surface area (Å²) < 4.78 is 26.2. The van der Waals surface area contributed by atoms with E-state index in [-0.39, 0.29) is 17.6 Å². The summed E-state index contributed by atoms with van der Waals surface area (Å²) in [7, 11) is 0. The largest absolute Gasteiger partial charge is 0.349 e. The van der Waals surface area contributed by atoms with Gasteiger partial charge in [0.1, 0.15) is 5.41 Å². The zero-order valence-electron chi connectivity index (χ0n) is 13.7. The third kappa shape index (κ3) is 3.52. The quantitative estimate of drug-likeness (QED) is 0.815. The minimum absolute atomic E-state index is 0.124. The number of carbonyl (C=O) groups excluding carboxylic acids is 2. The maximum Gasteiger partial charge on any atom is 0.240 e. The summed E-state index contributed by atoms with van der Waals surface area (Å²) in [5.74, 6) is -2.90. The number of nitrogens with one attached hydrogen (secondary N) is 2. The van der Waals surface area contributed by atoms with Crippen molar-refractivity contribution < 1.29 is 18.4 Å². The number of hydrogen-bond donors (Lipinski definition) is 2. The molecule has 25 heavy (non-hydrogen) atoms. The van der Waals surface area contributed by atoms with Crippen LogP contribution in [0.2, 0.25) is 0 Å². The summed E-state index contributed by atoms with van der Waals surface area (Å²) in [6.07, 6.45) is 0.853. The first-order valence-electron chi connectivity index (χ1n) is 8.05. The van der Waals surface area contributed by atoms with Gasteiger partial charge >= 0.3 is 0 Å². The Morgan fingerprint density at radius 3 is 2.28 bits per heavy atom. The van der Waals surface area contributed by atoms with Crippen molar-refractivity contribution >= 4 is 17.5 Å². The third-order valence-electron chi connectivity index (χ3n) is 4.44. The maximum absolute atomic E-state index is 13.3. The van der Waals surface area contributed by atoms with Gasteiger partial charge in [-0.15, -0.1) is 0 Å². The Kier molecular flexibility index (Phi) is 4.53. The molecule has 2 N–H and O–H groups in total. The second-order valence-corrected chi connectivity index (χ2v) is 6.27. The highest BCUT2D eigenvalue weighted by molar-refractivity contribution is 6.13. The van der Waals surface area contributed by atoms with Crippen LogP contribution < -0.4 is 10.6 Å². The van der Waals surface area contributed by atoms with Crippen LogP contribution in [0.4, 0.5) is 14.5 Å². The molecule has 0 radical (unpaired) electrons. The summed E-state index contributed by atoms with van der Waals surface area (Å²) in [4.78, 5) is 25.0. The van der Waals surface area contributed by atoms with Gasteiger partial charge in [0.05, 0.1) is 6.04 Å². The standard InChI is InChI=1S/C19H18F2N2O2/c1-12(13-5-3-2-4-6-13)22-17(24)19(9-10-19)18(25)23-14-7-8-15(20)16(21)11-14/h2-8,11-12H,9-10H2,1H3,(H,22,24)(H,23,25). The van der Waals surface area contributed by atoms with E-state index in [0.717, 1.165) is 17.7 Å². The van der Waals surface area contributed by atoms with Crippen LogP contribution in [0.3, 0.4) is 0 Å². The monoisotopic (exact) mass is 344 g/mol. The van der Waals surface area contributed by atoms with E-state index in [0.29, 0.717) is 12.8 Å². The molecule has 2 amide bonds. The molecule has 0 spiro atoms. The molecule has 4 nitrogen and oxygen atoms in total. The number of halogens is 2. The zero-order chi connectivity index (χ0) is 18.0. The van der Waals surface area contributed by atoms with Crippen molar-refractivity contribution in [3.05, 3.63) is 65.7 Å². The average Bonchev–Trinajstić information content (AvgIpc) is 3.41. The van der Waals surface area contributed by atoms with E-state index in [2.05, 4.69) is 10.6 Å². The van der Waals surface area contributed by atoms with Gasteiger partial charge < -0.3 is 10.6 Å². The van der Waals surface area contributed by atoms with Crippen LogP contribution in [0.15, 0.2) is 48.5 Å². The molecule has 1 unspecified atom stereocenters. The Hall–Kier alpha value is -2.76. The van der Waals surface area contributed by atoms with E-state index in [9.17, 15) is 18.4 Å². The summed E-state index contributed by atoms with van der Waals surface area (Å²) in [6.45, 7) is 1.84. The molecule has 2 aromatic carbocycles. The van der Waals surface area contributed by atoms with Gasteiger partial charge in [-0.1, -0.05) is 30.3 Å². The first-order valence-corrected chi connectivity index (χ1v) is 8.05. The number of rotatable bonds is 5. The van der Waals surface area contributed by atoms with E-state index < -0.39 is 23.0 Å². The number of carbonyl (C=O) groups is 2. The minimum Gasteiger partial charge on any atom is -0.349 e. The molecule has 0 heterocycles. The Bertz CT molecular complexity index is 804. The fraction of sp³-hybridized carbons (Fsp3) is 0.263. The van der Waals surface area contributed by atoms with E-state index in [4.69, 9.17) is 0 Å². The molecule has 0 saturated heterocycles. The van der Waals surface area contributed by atoms with Gasteiger partial charge in [-0.2, -0.15) is 0 Å². The van der Waals surface area contributed by atoms with Gasteiger partial charge in [-0.25, -0.2) is 8.78 Å². The van der Waals surface area contributed by atoms with Gasteiger partial charge in [0.25, 0.3) is 0 Å². The molecule has 2 aromatic rings. The number of hydrogen-bond acceptors (Lipinski definition) is 2. The lowest BCUT2D eigenvalue weighted by molar-refractivity contribution is -0.134. The van der Waals surface area contributed by atoms with Crippen LogP contribution in [0, 0.1) is 17.0 Å². The van der Waals surface area contributed by atoms with Crippen LogP contribution in [-0.4, -0.2) is 11.8 Å². The Morgan fingerprint density at radius 2 is 1.68 bits per heavy atom. The van der Waals surface area contributed by atoms with Crippen molar-refractivity contribution in [2.24, 2.45) is 5.41 Å². The highest BCUT2D eigenvalue weighted by Gasteiger charge is 2.56. The van der Waals surface area contributed by atoms with Crippen molar-refractivity contribution in [1.29, 1.82) is 0 Å². The average molecular weight is 344 g/mol. The summed E-state index contributed by atoms with van der Waals surface area (Å²) in [5, 5.41) is 5.35. The Morgan fingerprint density at radius 1 is 1.00 bits per heavy atom. The molecule has 130 valence electrons. The van der Waals surface area contributed by atoms with Crippen LogP contribution in [-0.2, 0) is 9.59 Å². The fourth-order valence-corrected chi connectivity index (χ4v) is 2.67. The fourth-order valence-electron chi connectivity index (χ4n) is 2.67. The zero-order valence-corrected chi connectivity index (χ0v) is 13.7. The molecule has 0 bridgehead atoms. The number of amides is 2. The molecule has 1 aliphatic carbocycles. The first-order chi connectivity index (χ1) is 11.9. The van der Waals surface area contributed by atoms with E-state index in [1.807, 2.05) is 37.3 Å². The van der Waals surface area contributed by atoms with Crippen LogP contribution >= 0.6 is 0 Å². The van der Waals surface area contributed by atoms with Crippen molar-refractivity contribution in [3.63, 3.8) is 0 Å². The molecule has 1 fully saturated rings. The van der Waals surface area contributed by atoms with Gasteiger partial charge in [0, 0.05) is 11.8 Å². The van der Waals surface area contributed by atoms with Gasteiger partial charge in [-0.3, -0.25) is 9.59 Å².